The van der Waals surface area contributed by atoms with E-state index in [0.29, 0.717) is 12.4 Å². The molecule has 2 rings (SSSR count). The van der Waals surface area contributed by atoms with Gasteiger partial charge in [0.05, 0.1) is 18.0 Å². The monoisotopic (exact) mass is 359 g/mol. The number of rotatable bonds is 7. The zero-order valence-corrected chi connectivity index (χ0v) is 17.6. The molecule has 0 amide bonds. The fourth-order valence-electron chi connectivity index (χ4n) is 2.35. The van der Waals surface area contributed by atoms with Crippen molar-refractivity contribution in [1.82, 2.24) is 9.78 Å². The van der Waals surface area contributed by atoms with Gasteiger partial charge >= 0.3 is 0 Å². The van der Waals surface area contributed by atoms with Crippen LogP contribution in [0.3, 0.4) is 0 Å². The summed E-state index contributed by atoms with van der Waals surface area (Å²) in [5.74, 6) is 0.691. The van der Waals surface area contributed by atoms with E-state index < -0.39 is 8.32 Å². The Balaban J connectivity index is 2.06. The van der Waals surface area contributed by atoms with Gasteiger partial charge in [0.1, 0.15) is 5.82 Å². The van der Waals surface area contributed by atoms with Gasteiger partial charge in [-0.3, -0.25) is 0 Å². The number of hydrogen-bond donors (Lipinski definition) is 1. The Hall–Kier alpha value is -1.59. The molecule has 5 heteroatoms. The van der Waals surface area contributed by atoms with Gasteiger partial charge in [0.2, 0.25) is 0 Å². The molecule has 0 aliphatic heterocycles. The molecule has 0 spiro atoms. The van der Waals surface area contributed by atoms with Crippen molar-refractivity contribution in [3.8, 4) is 5.69 Å². The molecular formula is C20H33N3OSi. The molecule has 1 aromatic carbocycles. The number of aryl methyl sites for hydroxylation is 1. The highest BCUT2D eigenvalue weighted by Gasteiger charge is 2.36. The van der Waals surface area contributed by atoms with Crippen LogP contribution in [0.1, 0.15) is 51.8 Å². The highest BCUT2D eigenvalue weighted by atomic mass is 28.4. The van der Waals surface area contributed by atoms with Crippen molar-refractivity contribution < 1.29 is 4.43 Å². The first-order valence-corrected chi connectivity index (χ1v) is 12.1. The van der Waals surface area contributed by atoms with Gasteiger partial charge in [0, 0.05) is 6.07 Å². The van der Waals surface area contributed by atoms with Crippen LogP contribution < -0.4 is 5.73 Å². The number of nitrogens with zero attached hydrogens (tertiary/aromatic N) is 2. The number of unbranched alkanes of at least 4 members (excludes halogenated alkanes) is 1. The summed E-state index contributed by atoms with van der Waals surface area (Å²) in [5, 5.41) is 4.86. The summed E-state index contributed by atoms with van der Waals surface area (Å²) >= 11 is 0. The molecule has 0 aliphatic rings. The quantitative estimate of drug-likeness (QED) is 0.681. The third-order valence-corrected chi connectivity index (χ3v) is 9.64. The minimum absolute atomic E-state index is 0.228. The maximum atomic E-state index is 6.29. The van der Waals surface area contributed by atoms with Crippen LogP contribution >= 0.6 is 0 Å². The first-order valence-electron chi connectivity index (χ1n) is 9.22. The number of aromatic nitrogens is 2. The second-order valence-electron chi connectivity index (χ2n) is 8.29. The van der Waals surface area contributed by atoms with Gasteiger partial charge in [-0.15, -0.1) is 0 Å². The smallest absolute Gasteiger partial charge is 0.192 e. The Morgan fingerprint density at radius 1 is 1.16 bits per heavy atom. The van der Waals surface area contributed by atoms with E-state index in [1.807, 2.05) is 10.7 Å². The Morgan fingerprint density at radius 2 is 1.80 bits per heavy atom. The summed E-state index contributed by atoms with van der Waals surface area (Å²) in [7, 11) is -1.72. The fraction of sp³-hybridized carbons (Fsp3) is 0.550. The van der Waals surface area contributed by atoms with Crippen molar-refractivity contribution in [3.05, 3.63) is 41.6 Å². The number of nitrogens with two attached hydrogens (primary N) is 1. The van der Waals surface area contributed by atoms with Crippen molar-refractivity contribution >= 4 is 14.1 Å². The number of hydrogen-bond acceptors (Lipinski definition) is 3. The highest BCUT2D eigenvalue weighted by molar-refractivity contribution is 6.74. The summed E-state index contributed by atoms with van der Waals surface area (Å²) in [4.78, 5) is 0. The molecule has 0 fully saturated rings. The van der Waals surface area contributed by atoms with Crippen molar-refractivity contribution in [2.45, 2.75) is 71.7 Å². The molecule has 138 valence electrons. The first-order chi connectivity index (χ1) is 11.6. The molecule has 2 N–H and O–H groups in total. The average molecular weight is 360 g/mol. The molecule has 25 heavy (non-hydrogen) atoms. The van der Waals surface area contributed by atoms with E-state index in [0.717, 1.165) is 30.6 Å². The maximum Gasteiger partial charge on any atom is 0.192 e. The fourth-order valence-corrected chi connectivity index (χ4v) is 3.31. The Labute approximate surface area is 153 Å². The summed E-state index contributed by atoms with van der Waals surface area (Å²) in [6.45, 7) is 14.2. The van der Waals surface area contributed by atoms with E-state index in [1.54, 1.807) is 0 Å². The van der Waals surface area contributed by atoms with Gasteiger partial charge in [-0.1, -0.05) is 46.2 Å². The lowest BCUT2D eigenvalue weighted by molar-refractivity contribution is 0.276. The zero-order valence-electron chi connectivity index (χ0n) is 16.6. The normalized spacial score (nSPS) is 12.6. The topological polar surface area (TPSA) is 53.1 Å². The minimum Gasteiger partial charge on any atom is -0.413 e. The van der Waals surface area contributed by atoms with E-state index in [-0.39, 0.29) is 5.04 Å². The van der Waals surface area contributed by atoms with Gasteiger partial charge in [-0.2, -0.15) is 5.10 Å². The van der Waals surface area contributed by atoms with Crippen LogP contribution in [0.4, 0.5) is 5.82 Å². The molecule has 0 unspecified atom stereocenters. The molecule has 1 heterocycles. The van der Waals surface area contributed by atoms with E-state index in [2.05, 4.69) is 70.2 Å². The molecule has 0 radical (unpaired) electrons. The van der Waals surface area contributed by atoms with Gasteiger partial charge in [-0.05, 0) is 48.7 Å². The van der Waals surface area contributed by atoms with Crippen LogP contribution in [0.5, 0.6) is 0 Å². The maximum absolute atomic E-state index is 6.29. The average Bonchev–Trinajstić information content (AvgIpc) is 2.91. The molecule has 0 bridgehead atoms. The predicted octanol–water partition coefficient (Wildman–Crippen LogP) is 5.32. The third-order valence-electron chi connectivity index (χ3n) is 5.16. The number of benzene rings is 1. The van der Waals surface area contributed by atoms with Crippen molar-refractivity contribution in [2.24, 2.45) is 0 Å². The minimum atomic E-state index is -1.72. The lowest BCUT2D eigenvalue weighted by atomic mass is 10.2. The lowest BCUT2D eigenvalue weighted by Gasteiger charge is -2.36. The largest absolute Gasteiger partial charge is 0.413 e. The zero-order chi connectivity index (χ0) is 18.7. The van der Waals surface area contributed by atoms with E-state index in [1.165, 1.54) is 5.56 Å². The van der Waals surface area contributed by atoms with Crippen LogP contribution in [0.15, 0.2) is 30.3 Å². The van der Waals surface area contributed by atoms with Crippen LogP contribution in [0.25, 0.3) is 5.69 Å². The van der Waals surface area contributed by atoms with Gasteiger partial charge in [0.15, 0.2) is 8.32 Å². The SMILES string of the molecule is CCCCc1cc(N)n(-c2ccc(CO[Si](C)(C)C(C)(C)C)cc2)n1. The van der Waals surface area contributed by atoms with E-state index in [9.17, 15) is 0 Å². The Morgan fingerprint density at radius 3 is 2.36 bits per heavy atom. The van der Waals surface area contributed by atoms with Crippen LogP contribution in [-0.2, 0) is 17.5 Å². The summed E-state index contributed by atoms with van der Waals surface area (Å²) in [6, 6.07) is 10.3. The summed E-state index contributed by atoms with van der Waals surface area (Å²) in [5.41, 5.74) is 9.37. The molecule has 0 saturated carbocycles. The predicted molar refractivity (Wildman–Crippen MR) is 109 cm³/mol. The molecule has 1 aromatic heterocycles. The molecule has 0 aliphatic carbocycles. The van der Waals surface area contributed by atoms with Crippen LogP contribution in [0, 0.1) is 0 Å². The summed E-state index contributed by atoms with van der Waals surface area (Å²) < 4.78 is 8.11. The van der Waals surface area contributed by atoms with Crippen molar-refractivity contribution in [3.63, 3.8) is 0 Å². The van der Waals surface area contributed by atoms with Crippen molar-refractivity contribution in [1.29, 1.82) is 0 Å². The molecule has 0 saturated heterocycles. The number of nitrogen functional groups attached to an aromatic ring is 1. The van der Waals surface area contributed by atoms with E-state index >= 15 is 0 Å². The van der Waals surface area contributed by atoms with Crippen LogP contribution in [0.2, 0.25) is 18.1 Å². The molecular weight excluding hydrogens is 326 g/mol. The third kappa shape index (κ3) is 4.95. The number of anilines is 1. The Kier molecular flexibility index (Phi) is 6.11. The highest BCUT2D eigenvalue weighted by Crippen LogP contribution is 2.37. The molecule has 2 aromatic rings. The van der Waals surface area contributed by atoms with Gasteiger partial charge < -0.3 is 10.2 Å². The van der Waals surface area contributed by atoms with Crippen LogP contribution in [-0.4, -0.2) is 18.1 Å². The second kappa shape index (κ2) is 7.75. The summed E-state index contributed by atoms with van der Waals surface area (Å²) in [6.07, 6.45) is 3.28. The van der Waals surface area contributed by atoms with Gasteiger partial charge in [-0.25, -0.2) is 4.68 Å². The van der Waals surface area contributed by atoms with Crippen molar-refractivity contribution in [2.75, 3.05) is 5.73 Å². The van der Waals surface area contributed by atoms with E-state index in [4.69, 9.17) is 10.2 Å². The Bertz CT molecular complexity index is 684. The molecule has 0 atom stereocenters. The standard InChI is InChI=1S/C20H33N3OSi/c1-7-8-9-17-14-19(21)23(22-17)18-12-10-16(11-13-18)15-24-25(5,6)20(2,3)4/h10-14H,7-9,15,21H2,1-6H3. The lowest BCUT2D eigenvalue weighted by Crippen LogP contribution is -2.40. The first kappa shape index (κ1) is 19.7. The second-order valence-corrected chi connectivity index (χ2v) is 13.1. The molecule has 4 nitrogen and oxygen atoms in total. The van der Waals surface area contributed by atoms with Gasteiger partial charge in [0.25, 0.3) is 0 Å².